The van der Waals surface area contributed by atoms with Gasteiger partial charge < -0.3 is 15.0 Å². The SMILES string of the molecule is CCCN(CC(=O)O)C(=O)c1cc2c([nH]c1=O)CC(C)(C)CC2=O. The Hall–Kier alpha value is -2.44. The van der Waals surface area contributed by atoms with Crippen molar-refractivity contribution in [3.8, 4) is 0 Å². The first-order valence-electron chi connectivity index (χ1n) is 7.95. The van der Waals surface area contributed by atoms with Crippen LogP contribution in [-0.4, -0.2) is 45.7 Å². The lowest BCUT2D eigenvalue weighted by Crippen LogP contribution is -2.40. The molecule has 1 aromatic rings. The lowest BCUT2D eigenvalue weighted by atomic mass is 9.75. The summed E-state index contributed by atoms with van der Waals surface area (Å²) in [5.74, 6) is -1.93. The van der Waals surface area contributed by atoms with Crippen LogP contribution in [0.15, 0.2) is 10.9 Å². The van der Waals surface area contributed by atoms with Crippen LogP contribution in [-0.2, 0) is 11.2 Å². The van der Waals surface area contributed by atoms with E-state index < -0.39 is 24.0 Å². The number of nitrogens with one attached hydrogen (secondary N) is 1. The minimum absolute atomic E-state index is 0.119. The number of aromatic amines is 1. The van der Waals surface area contributed by atoms with Gasteiger partial charge in [0.2, 0.25) is 0 Å². The van der Waals surface area contributed by atoms with Gasteiger partial charge in [-0.25, -0.2) is 0 Å². The molecule has 1 aliphatic rings. The molecule has 1 aliphatic carbocycles. The molecule has 0 saturated carbocycles. The minimum Gasteiger partial charge on any atom is -0.480 e. The maximum Gasteiger partial charge on any atom is 0.323 e. The number of nitrogens with zero attached hydrogens (tertiary/aromatic N) is 1. The molecular weight excluding hydrogens is 312 g/mol. The highest BCUT2D eigenvalue weighted by Gasteiger charge is 2.33. The number of ketones is 1. The van der Waals surface area contributed by atoms with Gasteiger partial charge in [0.1, 0.15) is 12.1 Å². The van der Waals surface area contributed by atoms with E-state index in [0.717, 1.165) is 4.90 Å². The summed E-state index contributed by atoms with van der Waals surface area (Å²) in [5, 5.41) is 8.93. The van der Waals surface area contributed by atoms with Crippen LogP contribution in [0.1, 0.15) is 60.0 Å². The van der Waals surface area contributed by atoms with Gasteiger partial charge in [0.15, 0.2) is 5.78 Å². The molecule has 1 aromatic heterocycles. The zero-order chi connectivity index (χ0) is 18.1. The summed E-state index contributed by atoms with van der Waals surface area (Å²) in [6, 6.07) is 1.32. The summed E-state index contributed by atoms with van der Waals surface area (Å²) in [6.07, 6.45) is 1.45. The van der Waals surface area contributed by atoms with E-state index in [1.165, 1.54) is 6.07 Å². The van der Waals surface area contributed by atoms with E-state index >= 15 is 0 Å². The zero-order valence-electron chi connectivity index (χ0n) is 14.1. The normalized spacial score (nSPS) is 15.7. The molecule has 0 aliphatic heterocycles. The topological polar surface area (TPSA) is 108 Å². The van der Waals surface area contributed by atoms with E-state index in [0.29, 0.717) is 30.5 Å². The Bertz CT molecular complexity index is 748. The Labute approximate surface area is 139 Å². The van der Waals surface area contributed by atoms with Crippen LogP contribution in [0.4, 0.5) is 0 Å². The van der Waals surface area contributed by atoms with Gasteiger partial charge in [0.25, 0.3) is 11.5 Å². The third kappa shape index (κ3) is 3.72. The Balaban J connectivity index is 2.43. The standard InChI is InChI=1S/C17H22N2O5/c1-4-5-19(9-14(21)22)16(24)11-6-10-12(18-15(11)23)7-17(2,3)8-13(10)20/h6H,4-5,7-9H2,1-3H3,(H,18,23)(H,21,22). The molecule has 7 nitrogen and oxygen atoms in total. The van der Waals surface area contributed by atoms with E-state index in [1.54, 1.807) is 0 Å². The molecular formula is C17H22N2O5. The van der Waals surface area contributed by atoms with Crippen molar-refractivity contribution >= 4 is 17.7 Å². The summed E-state index contributed by atoms with van der Waals surface area (Å²) < 4.78 is 0. The van der Waals surface area contributed by atoms with Gasteiger partial charge in [0, 0.05) is 24.2 Å². The van der Waals surface area contributed by atoms with Gasteiger partial charge in [-0.3, -0.25) is 19.2 Å². The number of aliphatic carboxylic acids is 1. The van der Waals surface area contributed by atoms with Crippen LogP contribution in [0.5, 0.6) is 0 Å². The summed E-state index contributed by atoms with van der Waals surface area (Å²) in [5.41, 5.74) is -0.120. The van der Waals surface area contributed by atoms with Crippen molar-refractivity contribution in [1.29, 1.82) is 0 Å². The van der Waals surface area contributed by atoms with Crippen molar-refractivity contribution in [2.24, 2.45) is 5.41 Å². The number of amides is 1. The van der Waals surface area contributed by atoms with E-state index in [2.05, 4.69) is 4.98 Å². The predicted octanol–water partition coefficient (Wildman–Crippen LogP) is 1.47. The van der Waals surface area contributed by atoms with E-state index in [-0.39, 0.29) is 23.3 Å². The quantitative estimate of drug-likeness (QED) is 0.848. The number of hydrogen-bond donors (Lipinski definition) is 2. The summed E-state index contributed by atoms with van der Waals surface area (Å²) in [7, 11) is 0. The molecule has 0 bridgehead atoms. The highest BCUT2D eigenvalue weighted by Crippen LogP contribution is 2.33. The number of carbonyl (C=O) groups is 3. The van der Waals surface area contributed by atoms with Crippen molar-refractivity contribution in [2.75, 3.05) is 13.1 Å². The maximum atomic E-state index is 12.5. The highest BCUT2D eigenvalue weighted by atomic mass is 16.4. The van der Waals surface area contributed by atoms with Crippen molar-refractivity contribution in [3.05, 3.63) is 33.2 Å². The first-order chi connectivity index (χ1) is 11.1. The first-order valence-corrected chi connectivity index (χ1v) is 7.95. The number of Topliss-reactive ketones (excluding diaryl/α,β-unsaturated/α-hetero) is 1. The highest BCUT2D eigenvalue weighted by molar-refractivity contribution is 6.02. The molecule has 2 rings (SSSR count). The third-order valence-corrected chi connectivity index (χ3v) is 4.05. The molecule has 0 aromatic carbocycles. The summed E-state index contributed by atoms with van der Waals surface area (Å²) in [6.45, 7) is 5.44. The van der Waals surface area contributed by atoms with E-state index in [4.69, 9.17) is 5.11 Å². The number of pyridine rings is 1. The molecule has 130 valence electrons. The lowest BCUT2D eigenvalue weighted by Gasteiger charge is -2.30. The number of aromatic nitrogens is 1. The molecule has 0 spiro atoms. The van der Waals surface area contributed by atoms with Crippen LogP contribution < -0.4 is 5.56 Å². The first kappa shape index (κ1) is 17.9. The molecule has 1 amide bonds. The fourth-order valence-corrected chi connectivity index (χ4v) is 3.04. The van der Waals surface area contributed by atoms with Gasteiger partial charge in [0.05, 0.1) is 0 Å². The third-order valence-electron chi connectivity index (χ3n) is 4.05. The molecule has 7 heteroatoms. The smallest absolute Gasteiger partial charge is 0.323 e. The molecule has 0 fully saturated rings. The number of H-pyrrole nitrogens is 1. The number of fused-ring (bicyclic) bond motifs is 1. The fourth-order valence-electron chi connectivity index (χ4n) is 3.04. The molecule has 2 N–H and O–H groups in total. The van der Waals surface area contributed by atoms with Gasteiger partial charge >= 0.3 is 5.97 Å². The van der Waals surface area contributed by atoms with E-state index in [1.807, 2.05) is 20.8 Å². The summed E-state index contributed by atoms with van der Waals surface area (Å²) in [4.78, 5) is 51.8. The number of carboxylic acids is 1. The van der Waals surface area contributed by atoms with E-state index in [9.17, 15) is 19.2 Å². The minimum atomic E-state index is -1.15. The van der Waals surface area contributed by atoms with Crippen molar-refractivity contribution in [1.82, 2.24) is 9.88 Å². The van der Waals surface area contributed by atoms with Crippen molar-refractivity contribution in [2.45, 2.75) is 40.0 Å². The lowest BCUT2D eigenvalue weighted by molar-refractivity contribution is -0.137. The number of rotatable bonds is 5. The fraction of sp³-hybridized carbons (Fsp3) is 0.529. The largest absolute Gasteiger partial charge is 0.480 e. The van der Waals surface area contributed by atoms with Gasteiger partial charge in [-0.1, -0.05) is 20.8 Å². The average molecular weight is 334 g/mol. The number of hydrogen-bond acceptors (Lipinski definition) is 4. The zero-order valence-corrected chi connectivity index (χ0v) is 14.1. The molecule has 0 atom stereocenters. The average Bonchev–Trinajstić information content (AvgIpc) is 2.43. The van der Waals surface area contributed by atoms with Gasteiger partial charge in [-0.15, -0.1) is 0 Å². The second-order valence-corrected chi connectivity index (χ2v) is 6.97. The molecule has 1 heterocycles. The monoisotopic (exact) mass is 334 g/mol. The molecule has 0 radical (unpaired) electrons. The molecule has 0 unspecified atom stereocenters. The van der Waals surface area contributed by atoms with Gasteiger partial charge in [-0.2, -0.15) is 0 Å². The Morgan fingerprint density at radius 1 is 1.29 bits per heavy atom. The van der Waals surface area contributed by atoms with Crippen LogP contribution in [0.25, 0.3) is 0 Å². The van der Waals surface area contributed by atoms with Gasteiger partial charge in [-0.05, 0) is 24.3 Å². The Kier molecular flexibility index (Phi) is 4.91. The Morgan fingerprint density at radius 3 is 2.54 bits per heavy atom. The van der Waals surface area contributed by atoms with Crippen LogP contribution in [0.2, 0.25) is 0 Å². The Morgan fingerprint density at radius 2 is 1.96 bits per heavy atom. The maximum absolute atomic E-state index is 12.5. The summed E-state index contributed by atoms with van der Waals surface area (Å²) >= 11 is 0. The second kappa shape index (κ2) is 6.59. The van der Waals surface area contributed by atoms with Crippen LogP contribution >= 0.6 is 0 Å². The number of carbonyl (C=O) groups excluding carboxylic acids is 2. The van der Waals surface area contributed by atoms with Crippen molar-refractivity contribution in [3.63, 3.8) is 0 Å². The predicted molar refractivity (Wildman–Crippen MR) is 87.3 cm³/mol. The number of carboxylic acid groups (broad SMARTS) is 1. The van der Waals surface area contributed by atoms with Crippen molar-refractivity contribution < 1.29 is 19.5 Å². The second-order valence-electron chi connectivity index (χ2n) is 6.97. The molecule has 24 heavy (non-hydrogen) atoms. The van der Waals surface area contributed by atoms with Crippen LogP contribution in [0, 0.1) is 5.41 Å². The van der Waals surface area contributed by atoms with Crippen LogP contribution in [0.3, 0.4) is 0 Å². The molecule has 0 saturated heterocycles.